The molecule has 0 radical (unpaired) electrons. The summed E-state index contributed by atoms with van der Waals surface area (Å²) in [4.78, 5) is 28.1. The highest BCUT2D eigenvalue weighted by molar-refractivity contribution is 6.34. The molecule has 2 N–H and O–H groups in total. The average Bonchev–Trinajstić information content (AvgIpc) is 2.63. The Kier molecular flexibility index (Phi) is 6.77. The molecule has 0 bridgehead atoms. The number of carbonyl (C=O) groups is 2. The summed E-state index contributed by atoms with van der Waals surface area (Å²) in [5.74, 6) is -0.149. The first-order valence-corrected chi connectivity index (χ1v) is 8.32. The van der Waals surface area contributed by atoms with Gasteiger partial charge in [0.25, 0.3) is 5.91 Å². The van der Waals surface area contributed by atoms with Gasteiger partial charge in [0.2, 0.25) is 0 Å². The topological polar surface area (TPSA) is 80.3 Å². The van der Waals surface area contributed by atoms with Crippen LogP contribution in [0.5, 0.6) is 0 Å². The van der Waals surface area contributed by atoms with Gasteiger partial charge in [-0.25, -0.2) is 9.78 Å². The molecule has 0 spiro atoms. The minimum absolute atomic E-state index is 0.302. The second-order valence-electron chi connectivity index (χ2n) is 5.35. The lowest BCUT2D eigenvalue weighted by atomic mass is 10.2. The van der Waals surface area contributed by atoms with Crippen LogP contribution >= 0.6 is 11.6 Å². The van der Waals surface area contributed by atoms with Crippen molar-refractivity contribution in [2.24, 2.45) is 0 Å². The van der Waals surface area contributed by atoms with Crippen molar-refractivity contribution < 1.29 is 14.3 Å². The predicted molar refractivity (Wildman–Crippen MR) is 98.4 cm³/mol. The molecule has 1 amide bonds. The van der Waals surface area contributed by atoms with Crippen LogP contribution in [0.15, 0.2) is 36.5 Å². The van der Waals surface area contributed by atoms with Crippen molar-refractivity contribution >= 4 is 35.0 Å². The second-order valence-corrected chi connectivity index (χ2v) is 5.76. The highest BCUT2D eigenvalue weighted by atomic mass is 35.5. The quantitative estimate of drug-likeness (QED) is 0.575. The Morgan fingerprint density at radius 3 is 2.60 bits per heavy atom. The Morgan fingerprint density at radius 1 is 1.20 bits per heavy atom. The summed E-state index contributed by atoms with van der Waals surface area (Å²) < 4.78 is 4.66. The van der Waals surface area contributed by atoms with Crippen molar-refractivity contribution in [3.8, 4) is 0 Å². The van der Waals surface area contributed by atoms with Gasteiger partial charge in [-0.2, -0.15) is 0 Å². The summed E-state index contributed by atoms with van der Waals surface area (Å²) in [5, 5.41) is 6.19. The zero-order valence-electron chi connectivity index (χ0n) is 14.1. The van der Waals surface area contributed by atoms with Gasteiger partial charge >= 0.3 is 5.97 Å². The molecule has 1 aromatic carbocycles. The van der Waals surface area contributed by atoms with Gasteiger partial charge in [-0.15, -0.1) is 0 Å². The van der Waals surface area contributed by atoms with E-state index in [1.54, 1.807) is 12.1 Å². The van der Waals surface area contributed by atoms with E-state index >= 15 is 0 Å². The van der Waals surface area contributed by atoms with Gasteiger partial charge in [-0.05, 0) is 36.8 Å². The number of hydrogen-bond acceptors (Lipinski definition) is 5. The number of aromatic nitrogens is 1. The van der Waals surface area contributed by atoms with Gasteiger partial charge in [0.05, 0.1) is 28.9 Å². The Bertz CT molecular complexity index is 748. The molecule has 0 aliphatic carbocycles. The number of carbonyl (C=O) groups excluding carboxylic acids is 2. The number of amides is 1. The SMILES string of the molecule is CCCCNc1ccc(C(=O)Nc2cc(C(=O)OC)ccc2Cl)cn1. The van der Waals surface area contributed by atoms with E-state index in [2.05, 4.69) is 27.3 Å². The molecule has 25 heavy (non-hydrogen) atoms. The number of hydrogen-bond donors (Lipinski definition) is 2. The van der Waals surface area contributed by atoms with Gasteiger partial charge < -0.3 is 15.4 Å². The molecule has 2 rings (SSSR count). The molecule has 1 aromatic heterocycles. The maximum atomic E-state index is 12.3. The molecule has 0 unspecified atom stereocenters. The molecule has 0 saturated heterocycles. The molecule has 7 heteroatoms. The van der Waals surface area contributed by atoms with E-state index in [4.69, 9.17) is 11.6 Å². The van der Waals surface area contributed by atoms with E-state index in [0.717, 1.165) is 25.2 Å². The maximum Gasteiger partial charge on any atom is 0.337 e. The summed E-state index contributed by atoms with van der Waals surface area (Å²) in [6.07, 6.45) is 3.64. The first kappa shape index (κ1) is 18.7. The second kappa shape index (κ2) is 9.03. The smallest absolute Gasteiger partial charge is 0.337 e. The number of nitrogens with one attached hydrogen (secondary N) is 2. The number of ether oxygens (including phenoxy) is 1. The molecule has 0 saturated carbocycles. The molecule has 1 heterocycles. The number of anilines is 2. The van der Waals surface area contributed by atoms with Crippen LogP contribution in [0.3, 0.4) is 0 Å². The third kappa shape index (κ3) is 5.19. The largest absolute Gasteiger partial charge is 0.465 e. The number of rotatable bonds is 7. The molecule has 132 valence electrons. The lowest BCUT2D eigenvalue weighted by Crippen LogP contribution is -2.14. The van der Waals surface area contributed by atoms with Crippen molar-refractivity contribution in [3.05, 3.63) is 52.7 Å². The van der Waals surface area contributed by atoms with Crippen molar-refractivity contribution in [1.29, 1.82) is 0 Å². The summed E-state index contributed by atoms with van der Waals surface area (Å²) in [6, 6.07) is 7.95. The highest BCUT2D eigenvalue weighted by Crippen LogP contribution is 2.24. The first-order valence-electron chi connectivity index (χ1n) is 7.94. The Balaban J connectivity index is 2.07. The maximum absolute atomic E-state index is 12.3. The monoisotopic (exact) mass is 361 g/mol. The molecule has 2 aromatic rings. The molecule has 6 nitrogen and oxygen atoms in total. The van der Waals surface area contributed by atoms with Crippen LogP contribution in [0.4, 0.5) is 11.5 Å². The summed E-state index contributed by atoms with van der Waals surface area (Å²) >= 11 is 6.08. The van der Waals surface area contributed by atoms with E-state index in [1.165, 1.54) is 31.5 Å². The van der Waals surface area contributed by atoms with Crippen LogP contribution in [-0.4, -0.2) is 30.5 Å². The van der Waals surface area contributed by atoms with Gasteiger partial charge in [-0.3, -0.25) is 4.79 Å². The van der Waals surface area contributed by atoms with E-state index in [9.17, 15) is 9.59 Å². The van der Waals surface area contributed by atoms with Crippen LogP contribution in [0.1, 0.15) is 40.5 Å². The fourth-order valence-corrected chi connectivity index (χ4v) is 2.25. The standard InChI is InChI=1S/C18H20ClN3O3/c1-3-4-9-20-16-8-6-13(11-21-16)17(23)22-15-10-12(18(24)25-2)5-7-14(15)19/h5-8,10-11H,3-4,9H2,1-2H3,(H,20,21)(H,22,23). The summed E-state index contributed by atoms with van der Waals surface area (Å²) in [7, 11) is 1.29. The Hall–Kier alpha value is -2.60. The van der Waals surface area contributed by atoms with Crippen LogP contribution in [0, 0.1) is 0 Å². The minimum Gasteiger partial charge on any atom is -0.465 e. The Morgan fingerprint density at radius 2 is 1.96 bits per heavy atom. The zero-order valence-corrected chi connectivity index (χ0v) is 14.9. The van der Waals surface area contributed by atoms with Crippen molar-refractivity contribution in [2.45, 2.75) is 19.8 Å². The summed E-state index contributed by atoms with van der Waals surface area (Å²) in [6.45, 7) is 2.95. The average molecular weight is 362 g/mol. The minimum atomic E-state index is -0.503. The number of nitrogens with zero attached hydrogens (tertiary/aromatic N) is 1. The van der Waals surface area contributed by atoms with Crippen LogP contribution < -0.4 is 10.6 Å². The highest BCUT2D eigenvalue weighted by Gasteiger charge is 2.13. The van der Waals surface area contributed by atoms with Crippen LogP contribution in [-0.2, 0) is 4.74 Å². The van der Waals surface area contributed by atoms with Crippen LogP contribution in [0.25, 0.3) is 0 Å². The first-order chi connectivity index (χ1) is 12.0. The number of pyridine rings is 1. The number of benzene rings is 1. The van der Waals surface area contributed by atoms with E-state index in [1.807, 2.05) is 0 Å². The van der Waals surface area contributed by atoms with Crippen molar-refractivity contribution in [1.82, 2.24) is 4.98 Å². The van der Waals surface area contributed by atoms with Gasteiger partial charge in [0.1, 0.15) is 5.82 Å². The van der Waals surface area contributed by atoms with E-state index < -0.39 is 5.97 Å². The van der Waals surface area contributed by atoms with Gasteiger partial charge in [0.15, 0.2) is 0 Å². The fourth-order valence-electron chi connectivity index (χ4n) is 2.09. The lowest BCUT2D eigenvalue weighted by molar-refractivity contribution is 0.0600. The number of methoxy groups -OCH3 is 1. The van der Waals surface area contributed by atoms with E-state index in [0.29, 0.717) is 21.8 Å². The van der Waals surface area contributed by atoms with Crippen molar-refractivity contribution in [2.75, 3.05) is 24.3 Å². The molecule has 0 aliphatic heterocycles. The summed E-state index contributed by atoms with van der Waals surface area (Å²) in [5.41, 5.74) is 1.02. The number of halogens is 1. The molecule has 0 fully saturated rings. The number of unbranched alkanes of at least 4 members (excludes halogenated alkanes) is 1. The van der Waals surface area contributed by atoms with Crippen LogP contribution in [0.2, 0.25) is 5.02 Å². The molecule has 0 atom stereocenters. The molecule has 0 aliphatic rings. The third-order valence-corrected chi connectivity index (χ3v) is 3.83. The normalized spacial score (nSPS) is 10.2. The Labute approximate surface area is 151 Å². The predicted octanol–water partition coefficient (Wildman–Crippen LogP) is 3.99. The molecular formula is C18H20ClN3O3. The fraction of sp³-hybridized carbons (Fsp3) is 0.278. The number of esters is 1. The third-order valence-electron chi connectivity index (χ3n) is 3.50. The van der Waals surface area contributed by atoms with Crippen molar-refractivity contribution in [3.63, 3.8) is 0 Å². The zero-order chi connectivity index (χ0) is 18.2. The van der Waals surface area contributed by atoms with Gasteiger partial charge in [-0.1, -0.05) is 24.9 Å². The van der Waals surface area contributed by atoms with Gasteiger partial charge in [0, 0.05) is 12.7 Å². The lowest BCUT2D eigenvalue weighted by Gasteiger charge is -2.09. The van der Waals surface area contributed by atoms with E-state index in [-0.39, 0.29) is 5.91 Å². The molecular weight excluding hydrogens is 342 g/mol.